The molecule has 1 unspecified atom stereocenters. The lowest BCUT2D eigenvalue weighted by Crippen LogP contribution is -2.28. The van der Waals surface area contributed by atoms with Gasteiger partial charge in [0, 0.05) is 12.8 Å². The van der Waals surface area contributed by atoms with Gasteiger partial charge in [0.25, 0.3) is 0 Å². The smallest absolute Gasteiger partial charge is 0.306 e. The number of hydrogen-bond acceptors (Lipinski definition) is 5. The van der Waals surface area contributed by atoms with Gasteiger partial charge in [-0.2, -0.15) is 0 Å². The zero-order valence-corrected chi connectivity index (χ0v) is 40.6. The van der Waals surface area contributed by atoms with Crippen molar-refractivity contribution >= 4 is 11.9 Å². The monoisotopic (exact) mass is 863 g/mol. The number of rotatable bonds is 47. The van der Waals surface area contributed by atoms with E-state index in [4.69, 9.17) is 9.47 Å². The molecule has 0 saturated heterocycles. The minimum absolute atomic E-state index is 0.0847. The van der Waals surface area contributed by atoms with Crippen LogP contribution < -0.4 is 0 Å². The van der Waals surface area contributed by atoms with Gasteiger partial charge >= 0.3 is 11.9 Å². The lowest BCUT2D eigenvalue weighted by Gasteiger charge is -2.15. The number of aliphatic hydroxyl groups is 1. The number of esters is 2. The molecular formula is C57H98O5. The lowest BCUT2D eigenvalue weighted by molar-refractivity contribution is -0.161. The Bertz CT molecular complexity index is 1160. The molecule has 0 radical (unpaired) electrons. The van der Waals surface area contributed by atoms with Crippen molar-refractivity contribution in [1.29, 1.82) is 0 Å². The van der Waals surface area contributed by atoms with Crippen LogP contribution in [0.2, 0.25) is 0 Å². The zero-order valence-electron chi connectivity index (χ0n) is 40.6. The number of unbranched alkanes of at least 4 members (excludes halogenated alkanes) is 25. The van der Waals surface area contributed by atoms with Crippen LogP contribution in [0, 0.1) is 0 Å². The van der Waals surface area contributed by atoms with Crippen molar-refractivity contribution in [3.8, 4) is 0 Å². The topological polar surface area (TPSA) is 72.8 Å². The average molecular weight is 863 g/mol. The molecule has 0 amide bonds. The van der Waals surface area contributed by atoms with Gasteiger partial charge in [-0.1, -0.05) is 227 Å². The molecule has 356 valence electrons. The Morgan fingerprint density at radius 2 is 0.694 bits per heavy atom. The molecule has 0 bridgehead atoms. The maximum atomic E-state index is 12.2. The van der Waals surface area contributed by atoms with E-state index in [0.717, 1.165) is 77.0 Å². The van der Waals surface area contributed by atoms with E-state index in [2.05, 4.69) is 98.9 Å². The number of hydrogen-bond donors (Lipinski definition) is 1. The normalized spacial score (nSPS) is 12.9. The first-order valence-electron chi connectivity index (χ1n) is 26.1. The predicted molar refractivity (Wildman–Crippen MR) is 269 cm³/mol. The molecule has 0 heterocycles. The van der Waals surface area contributed by atoms with Gasteiger partial charge in [-0.3, -0.25) is 9.59 Å². The maximum Gasteiger partial charge on any atom is 0.306 e. The second-order valence-electron chi connectivity index (χ2n) is 17.2. The SMILES string of the molecule is CC/C=C\C/C=C\C/C=C\C/C=C\CCCCC(=O)OC(CO)COC(=O)CCCCCCCCCCCCCCCCCCCC/C=C\C/C=C\C/C=C\CCCCCCC. The Morgan fingerprint density at radius 1 is 0.387 bits per heavy atom. The summed E-state index contributed by atoms with van der Waals surface area (Å²) in [5.74, 6) is -0.638. The lowest BCUT2D eigenvalue weighted by atomic mass is 10.0. The molecule has 0 aliphatic heterocycles. The van der Waals surface area contributed by atoms with Gasteiger partial charge in [-0.25, -0.2) is 0 Å². The second-order valence-corrected chi connectivity index (χ2v) is 17.2. The van der Waals surface area contributed by atoms with Crippen LogP contribution in [0.3, 0.4) is 0 Å². The third-order valence-corrected chi connectivity index (χ3v) is 11.2. The summed E-state index contributed by atoms with van der Waals surface area (Å²) < 4.78 is 10.6. The first-order chi connectivity index (χ1) is 30.6. The highest BCUT2D eigenvalue weighted by molar-refractivity contribution is 5.70. The van der Waals surface area contributed by atoms with Crippen LogP contribution in [0.15, 0.2) is 85.1 Å². The van der Waals surface area contributed by atoms with Gasteiger partial charge in [0.2, 0.25) is 0 Å². The van der Waals surface area contributed by atoms with Gasteiger partial charge in [0.15, 0.2) is 6.10 Å². The van der Waals surface area contributed by atoms with Crippen LogP contribution in [0.1, 0.15) is 245 Å². The molecular weight excluding hydrogens is 765 g/mol. The fourth-order valence-corrected chi connectivity index (χ4v) is 7.26. The Kier molecular flexibility index (Phi) is 50.0. The third kappa shape index (κ3) is 49.7. The van der Waals surface area contributed by atoms with Gasteiger partial charge in [0.1, 0.15) is 6.61 Å². The summed E-state index contributed by atoms with van der Waals surface area (Å²) in [6.07, 6.45) is 72.7. The van der Waals surface area contributed by atoms with Crippen molar-refractivity contribution in [3.63, 3.8) is 0 Å². The van der Waals surface area contributed by atoms with E-state index in [1.165, 1.54) is 141 Å². The number of ether oxygens (including phenoxy) is 2. The molecule has 0 aromatic heterocycles. The van der Waals surface area contributed by atoms with Crippen LogP contribution >= 0.6 is 0 Å². The largest absolute Gasteiger partial charge is 0.462 e. The third-order valence-electron chi connectivity index (χ3n) is 11.2. The first-order valence-corrected chi connectivity index (χ1v) is 26.1. The average Bonchev–Trinajstić information content (AvgIpc) is 3.28. The van der Waals surface area contributed by atoms with E-state index in [1.807, 2.05) is 0 Å². The Labute approximate surface area is 384 Å². The number of carbonyl (C=O) groups excluding carboxylic acids is 2. The summed E-state index contributed by atoms with van der Waals surface area (Å²) in [5.41, 5.74) is 0. The molecule has 0 saturated carbocycles. The first kappa shape index (κ1) is 59.1. The zero-order chi connectivity index (χ0) is 44.9. The Morgan fingerprint density at radius 3 is 1.08 bits per heavy atom. The van der Waals surface area contributed by atoms with E-state index in [9.17, 15) is 14.7 Å². The van der Waals surface area contributed by atoms with Crippen molar-refractivity contribution in [2.45, 2.75) is 251 Å². The Balaban J connectivity index is 3.48. The fraction of sp³-hybridized carbons (Fsp3) is 0.719. The standard InChI is InChI=1S/C57H98O5/c1-3-5-7-9-11-13-15-17-19-20-21-22-23-24-25-26-27-28-29-30-31-32-33-34-35-36-38-39-41-43-45-47-49-51-56(59)61-54-55(53-58)62-57(60)52-50-48-46-44-42-40-37-18-16-14-12-10-8-6-4-2/h6,8,12,14-15,17-18,20-21,23-24,37,42,44,55,58H,3-5,7,9-11,13,16,19,22,25-36,38-41,43,45-54H2,1-2H3/b8-6-,14-12-,17-15-,21-20-,24-23-,37-18-,44-42-. The molecule has 1 atom stereocenters. The highest BCUT2D eigenvalue weighted by atomic mass is 16.6. The van der Waals surface area contributed by atoms with Crippen LogP contribution in [-0.2, 0) is 19.1 Å². The van der Waals surface area contributed by atoms with E-state index in [1.54, 1.807) is 0 Å². The fourth-order valence-electron chi connectivity index (χ4n) is 7.26. The van der Waals surface area contributed by atoms with Crippen molar-refractivity contribution in [3.05, 3.63) is 85.1 Å². The number of carbonyl (C=O) groups is 2. The van der Waals surface area contributed by atoms with Crippen LogP contribution in [0.4, 0.5) is 0 Å². The summed E-state index contributed by atoms with van der Waals surface area (Å²) in [5, 5.41) is 9.60. The number of allylic oxidation sites excluding steroid dienone is 14. The van der Waals surface area contributed by atoms with Crippen molar-refractivity contribution in [2.75, 3.05) is 13.2 Å². The molecule has 62 heavy (non-hydrogen) atoms. The summed E-state index contributed by atoms with van der Waals surface area (Å²) in [6.45, 7) is 3.98. The summed E-state index contributed by atoms with van der Waals surface area (Å²) in [6, 6.07) is 0. The molecule has 0 rings (SSSR count). The van der Waals surface area contributed by atoms with Crippen molar-refractivity contribution < 1.29 is 24.2 Å². The molecule has 5 heteroatoms. The number of aliphatic hydroxyl groups excluding tert-OH is 1. The summed E-state index contributed by atoms with van der Waals surface area (Å²) in [4.78, 5) is 24.4. The maximum absolute atomic E-state index is 12.2. The minimum atomic E-state index is -0.796. The summed E-state index contributed by atoms with van der Waals surface area (Å²) in [7, 11) is 0. The van der Waals surface area contributed by atoms with Crippen LogP contribution in [0.5, 0.6) is 0 Å². The van der Waals surface area contributed by atoms with E-state index >= 15 is 0 Å². The molecule has 0 aliphatic carbocycles. The van der Waals surface area contributed by atoms with Crippen LogP contribution in [0.25, 0.3) is 0 Å². The molecule has 0 aromatic carbocycles. The van der Waals surface area contributed by atoms with Gasteiger partial charge in [-0.05, 0) is 89.9 Å². The van der Waals surface area contributed by atoms with Crippen molar-refractivity contribution in [1.82, 2.24) is 0 Å². The quantitative estimate of drug-likeness (QED) is 0.0375. The highest BCUT2D eigenvalue weighted by Gasteiger charge is 2.16. The van der Waals surface area contributed by atoms with E-state index < -0.39 is 6.10 Å². The molecule has 0 fully saturated rings. The summed E-state index contributed by atoms with van der Waals surface area (Å²) >= 11 is 0. The second kappa shape index (κ2) is 52.4. The van der Waals surface area contributed by atoms with E-state index in [-0.39, 0.29) is 25.2 Å². The predicted octanol–water partition coefficient (Wildman–Crippen LogP) is 17.4. The van der Waals surface area contributed by atoms with Gasteiger partial charge in [-0.15, -0.1) is 0 Å². The van der Waals surface area contributed by atoms with Gasteiger partial charge in [0.05, 0.1) is 6.61 Å². The van der Waals surface area contributed by atoms with Crippen molar-refractivity contribution in [2.24, 2.45) is 0 Å². The molecule has 1 N–H and O–H groups in total. The molecule has 5 nitrogen and oxygen atoms in total. The molecule has 0 aromatic rings. The van der Waals surface area contributed by atoms with Crippen LogP contribution in [-0.4, -0.2) is 36.4 Å². The molecule has 0 aliphatic rings. The van der Waals surface area contributed by atoms with Gasteiger partial charge < -0.3 is 14.6 Å². The minimum Gasteiger partial charge on any atom is -0.462 e. The molecule has 0 spiro atoms. The van der Waals surface area contributed by atoms with E-state index in [0.29, 0.717) is 12.8 Å². The Hall–Kier alpha value is -2.92. The highest BCUT2D eigenvalue weighted by Crippen LogP contribution is 2.16.